The molecule has 0 radical (unpaired) electrons. The number of carbonyl (C=O) groups is 4. The van der Waals surface area contributed by atoms with Gasteiger partial charge < -0.3 is 19.5 Å². The van der Waals surface area contributed by atoms with E-state index in [9.17, 15) is 19.2 Å². The molecule has 8 nitrogen and oxygen atoms in total. The summed E-state index contributed by atoms with van der Waals surface area (Å²) >= 11 is 0.904. The van der Waals surface area contributed by atoms with Crippen LogP contribution < -0.4 is 5.32 Å². The Morgan fingerprint density at radius 3 is 2.32 bits per heavy atom. The Bertz CT molecular complexity index is 750. The standard InChI is InChI=1S/C19H25NO7S/c1-11-15(18(23)25-2)17(28-16(11)19(24)26-3)20-13(21)10-27-14(22)9-8-12-6-4-5-7-12/h12H,4-10H2,1-3H3,(H,20,21). The van der Waals surface area contributed by atoms with Gasteiger partial charge in [-0.25, -0.2) is 9.59 Å². The Morgan fingerprint density at radius 1 is 1.07 bits per heavy atom. The molecule has 1 amide bonds. The number of carbonyl (C=O) groups excluding carboxylic acids is 4. The molecule has 28 heavy (non-hydrogen) atoms. The Balaban J connectivity index is 1.95. The molecule has 0 spiro atoms. The fourth-order valence-corrected chi connectivity index (χ4v) is 4.37. The van der Waals surface area contributed by atoms with Gasteiger partial charge in [-0.1, -0.05) is 25.7 Å². The van der Waals surface area contributed by atoms with Crippen molar-refractivity contribution in [3.05, 3.63) is 16.0 Å². The second-order valence-electron chi connectivity index (χ2n) is 6.64. The molecule has 9 heteroatoms. The van der Waals surface area contributed by atoms with Gasteiger partial charge in [0.15, 0.2) is 6.61 Å². The lowest BCUT2D eigenvalue weighted by molar-refractivity contribution is -0.147. The predicted molar refractivity (Wildman–Crippen MR) is 103 cm³/mol. The summed E-state index contributed by atoms with van der Waals surface area (Å²) in [4.78, 5) is 48.0. The van der Waals surface area contributed by atoms with Crippen LogP contribution in [0.15, 0.2) is 0 Å². The molecule has 0 aliphatic heterocycles. The van der Waals surface area contributed by atoms with Crippen LogP contribution >= 0.6 is 11.3 Å². The molecule has 0 unspecified atom stereocenters. The van der Waals surface area contributed by atoms with Crippen LogP contribution in [0.1, 0.15) is 64.1 Å². The highest BCUT2D eigenvalue weighted by molar-refractivity contribution is 7.18. The smallest absolute Gasteiger partial charge is 0.348 e. The number of nitrogens with one attached hydrogen (secondary N) is 1. The minimum atomic E-state index is -0.687. The summed E-state index contributed by atoms with van der Waals surface area (Å²) in [6.07, 6.45) is 5.76. The molecule has 1 aliphatic carbocycles. The summed E-state index contributed by atoms with van der Waals surface area (Å²) in [6, 6.07) is 0. The lowest BCUT2D eigenvalue weighted by Crippen LogP contribution is -2.21. The van der Waals surface area contributed by atoms with E-state index < -0.39 is 30.4 Å². The van der Waals surface area contributed by atoms with Gasteiger partial charge in [-0.3, -0.25) is 9.59 Å². The van der Waals surface area contributed by atoms with Crippen molar-refractivity contribution in [1.29, 1.82) is 0 Å². The molecule has 1 aromatic heterocycles. The number of methoxy groups -OCH3 is 2. The van der Waals surface area contributed by atoms with Crippen LogP contribution in [0.5, 0.6) is 0 Å². The molecule has 1 fully saturated rings. The highest BCUT2D eigenvalue weighted by Crippen LogP contribution is 2.34. The van der Waals surface area contributed by atoms with E-state index in [1.807, 2.05) is 0 Å². The van der Waals surface area contributed by atoms with Crippen LogP contribution in [0.25, 0.3) is 0 Å². The number of hydrogen-bond acceptors (Lipinski definition) is 8. The summed E-state index contributed by atoms with van der Waals surface area (Å²) in [5.74, 6) is -1.76. The van der Waals surface area contributed by atoms with Crippen molar-refractivity contribution in [3.63, 3.8) is 0 Å². The lowest BCUT2D eigenvalue weighted by Gasteiger charge is -2.09. The molecule has 1 aliphatic rings. The van der Waals surface area contributed by atoms with Crippen molar-refractivity contribution >= 4 is 40.2 Å². The monoisotopic (exact) mass is 411 g/mol. The van der Waals surface area contributed by atoms with Gasteiger partial charge in [0.1, 0.15) is 9.88 Å². The van der Waals surface area contributed by atoms with Gasteiger partial charge in [-0.05, 0) is 24.8 Å². The number of ether oxygens (including phenoxy) is 3. The number of rotatable bonds is 8. The maximum atomic E-state index is 12.2. The minimum absolute atomic E-state index is 0.0776. The summed E-state index contributed by atoms with van der Waals surface area (Å²) in [7, 11) is 2.43. The van der Waals surface area contributed by atoms with E-state index in [1.165, 1.54) is 27.1 Å². The quantitative estimate of drug-likeness (QED) is 0.517. The largest absolute Gasteiger partial charge is 0.465 e. The minimum Gasteiger partial charge on any atom is -0.465 e. The molecule has 0 saturated heterocycles. The third-order valence-electron chi connectivity index (χ3n) is 4.76. The molecular weight excluding hydrogens is 386 g/mol. The SMILES string of the molecule is COC(=O)c1sc(NC(=O)COC(=O)CCC2CCCC2)c(C(=O)OC)c1C. The molecular formula is C19H25NO7S. The van der Waals surface area contributed by atoms with E-state index in [4.69, 9.17) is 9.47 Å². The number of hydrogen-bond donors (Lipinski definition) is 1. The van der Waals surface area contributed by atoms with E-state index in [2.05, 4.69) is 10.1 Å². The van der Waals surface area contributed by atoms with Crippen LogP contribution in [0.3, 0.4) is 0 Å². The Labute approximate surface area is 167 Å². The first-order valence-electron chi connectivity index (χ1n) is 9.12. The zero-order valence-electron chi connectivity index (χ0n) is 16.3. The predicted octanol–water partition coefficient (Wildman–Crippen LogP) is 3.08. The van der Waals surface area contributed by atoms with E-state index >= 15 is 0 Å². The van der Waals surface area contributed by atoms with Gasteiger partial charge in [-0.15, -0.1) is 11.3 Å². The summed E-state index contributed by atoms with van der Waals surface area (Å²) < 4.78 is 14.4. The first kappa shape index (κ1) is 21.9. The van der Waals surface area contributed by atoms with Gasteiger partial charge in [0.25, 0.3) is 5.91 Å². The molecule has 1 aromatic rings. The molecule has 154 valence electrons. The highest BCUT2D eigenvalue weighted by atomic mass is 32.1. The van der Waals surface area contributed by atoms with Crippen LogP contribution in [0.4, 0.5) is 5.00 Å². The molecule has 1 N–H and O–H groups in total. The normalized spacial score (nSPS) is 13.8. The van der Waals surface area contributed by atoms with Gasteiger partial charge in [0.2, 0.25) is 0 Å². The van der Waals surface area contributed by atoms with Gasteiger partial charge in [0, 0.05) is 6.42 Å². The number of esters is 3. The van der Waals surface area contributed by atoms with Crippen LogP contribution in [-0.2, 0) is 23.8 Å². The number of anilines is 1. The van der Waals surface area contributed by atoms with Gasteiger partial charge in [-0.2, -0.15) is 0 Å². The van der Waals surface area contributed by atoms with Gasteiger partial charge in [0.05, 0.1) is 19.8 Å². The topological polar surface area (TPSA) is 108 Å². The Morgan fingerprint density at radius 2 is 1.71 bits per heavy atom. The molecule has 2 rings (SSSR count). The fraction of sp³-hybridized carbons (Fsp3) is 0.579. The lowest BCUT2D eigenvalue weighted by atomic mass is 10.0. The van der Waals surface area contributed by atoms with Crippen molar-refractivity contribution in [3.8, 4) is 0 Å². The first-order valence-corrected chi connectivity index (χ1v) is 9.94. The first-order chi connectivity index (χ1) is 13.4. The molecule has 0 atom stereocenters. The van der Waals surface area contributed by atoms with Crippen molar-refractivity contribution < 1.29 is 33.4 Å². The average molecular weight is 411 g/mol. The molecule has 0 bridgehead atoms. The second-order valence-corrected chi connectivity index (χ2v) is 7.66. The highest BCUT2D eigenvalue weighted by Gasteiger charge is 2.27. The van der Waals surface area contributed by atoms with Crippen molar-refractivity contribution in [2.75, 3.05) is 26.1 Å². The van der Waals surface area contributed by atoms with E-state index in [0.717, 1.165) is 30.6 Å². The zero-order valence-corrected chi connectivity index (χ0v) is 17.1. The van der Waals surface area contributed by atoms with Crippen molar-refractivity contribution in [1.82, 2.24) is 0 Å². The van der Waals surface area contributed by atoms with Gasteiger partial charge >= 0.3 is 17.9 Å². The number of thiophene rings is 1. The summed E-state index contributed by atoms with van der Waals surface area (Å²) in [5.41, 5.74) is 0.432. The Kier molecular flexibility index (Phi) is 7.98. The van der Waals surface area contributed by atoms with Crippen molar-refractivity contribution in [2.45, 2.75) is 45.4 Å². The summed E-state index contributed by atoms with van der Waals surface area (Å²) in [6.45, 7) is 1.10. The average Bonchev–Trinajstić information content (AvgIpc) is 3.31. The number of amides is 1. The van der Waals surface area contributed by atoms with Crippen molar-refractivity contribution in [2.24, 2.45) is 5.92 Å². The Hall–Kier alpha value is -2.42. The third-order valence-corrected chi connectivity index (χ3v) is 5.94. The molecule has 0 aromatic carbocycles. The van der Waals surface area contributed by atoms with E-state index in [-0.39, 0.29) is 21.9 Å². The third kappa shape index (κ3) is 5.54. The fourth-order valence-electron chi connectivity index (χ4n) is 3.24. The summed E-state index contributed by atoms with van der Waals surface area (Å²) in [5, 5.41) is 2.66. The van der Waals surface area contributed by atoms with Crippen LogP contribution in [-0.4, -0.2) is 44.6 Å². The molecule has 1 heterocycles. The maximum Gasteiger partial charge on any atom is 0.348 e. The second kappa shape index (κ2) is 10.2. The maximum absolute atomic E-state index is 12.2. The van der Waals surface area contributed by atoms with E-state index in [0.29, 0.717) is 11.5 Å². The van der Waals surface area contributed by atoms with Crippen LogP contribution in [0.2, 0.25) is 0 Å². The zero-order chi connectivity index (χ0) is 20.7. The van der Waals surface area contributed by atoms with Crippen LogP contribution in [0, 0.1) is 12.8 Å². The molecule has 1 saturated carbocycles. The van der Waals surface area contributed by atoms with E-state index in [1.54, 1.807) is 6.92 Å².